The molecule has 0 spiro atoms. The molecule has 1 aliphatic rings. The van der Waals surface area contributed by atoms with E-state index in [-0.39, 0.29) is 0 Å². The molecule has 90 valence electrons. The smallest absolute Gasteiger partial charge is 0.145 e. The first-order chi connectivity index (χ1) is 8.26. The monoisotopic (exact) mass is 266 g/mol. The van der Waals surface area contributed by atoms with Crippen molar-refractivity contribution < 1.29 is 0 Å². The normalized spacial score (nSPS) is 24.2. The van der Waals surface area contributed by atoms with Gasteiger partial charge in [-0.15, -0.1) is 11.8 Å². The first-order valence-corrected chi connectivity index (χ1v) is 7.61. The van der Waals surface area contributed by atoms with Gasteiger partial charge in [0, 0.05) is 16.8 Å². The Hall–Kier alpha value is -0.930. The van der Waals surface area contributed by atoms with Crippen LogP contribution in [0.5, 0.6) is 0 Å². The Kier molecular flexibility index (Phi) is 4.13. The van der Waals surface area contributed by atoms with Gasteiger partial charge < -0.3 is 5.73 Å². The topological polar surface area (TPSA) is 75.6 Å². The van der Waals surface area contributed by atoms with Gasteiger partial charge in [0.25, 0.3) is 0 Å². The Balaban J connectivity index is 2.26. The second-order valence-electron chi connectivity index (χ2n) is 3.75. The van der Waals surface area contributed by atoms with Gasteiger partial charge in [-0.3, -0.25) is 0 Å². The molecule has 2 heterocycles. The molecule has 0 amide bonds. The molecule has 2 N–H and O–H groups in total. The fraction of sp³-hybridized carbons (Fsp3) is 0.545. The van der Waals surface area contributed by atoms with Crippen molar-refractivity contribution in [2.24, 2.45) is 0 Å². The van der Waals surface area contributed by atoms with Crippen LogP contribution in [0.3, 0.4) is 0 Å². The van der Waals surface area contributed by atoms with Crippen LogP contribution in [0, 0.1) is 11.3 Å². The Morgan fingerprint density at radius 3 is 2.94 bits per heavy atom. The number of nitriles is 1. The molecule has 0 radical (unpaired) electrons. The summed E-state index contributed by atoms with van der Waals surface area (Å²) in [4.78, 5) is 8.56. The fourth-order valence-corrected chi connectivity index (χ4v) is 4.77. The molecular formula is C11H14N4S2. The van der Waals surface area contributed by atoms with Crippen molar-refractivity contribution in [3.8, 4) is 6.07 Å². The lowest BCUT2D eigenvalue weighted by atomic mass is 10.2. The SMILES string of the molecule is CCC1SCCSC1c1ncc(C#N)c(N)n1. The maximum atomic E-state index is 8.80. The van der Waals surface area contributed by atoms with E-state index in [9.17, 15) is 0 Å². The van der Waals surface area contributed by atoms with E-state index in [1.54, 1.807) is 0 Å². The lowest BCUT2D eigenvalue weighted by molar-refractivity contribution is 0.750. The van der Waals surface area contributed by atoms with Gasteiger partial charge in [-0.25, -0.2) is 9.97 Å². The van der Waals surface area contributed by atoms with Crippen molar-refractivity contribution in [1.82, 2.24) is 9.97 Å². The van der Waals surface area contributed by atoms with Crippen molar-refractivity contribution in [3.05, 3.63) is 17.6 Å². The van der Waals surface area contributed by atoms with Crippen LogP contribution in [-0.2, 0) is 0 Å². The summed E-state index contributed by atoms with van der Waals surface area (Å²) in [6, 6.07) is 1.99. The summed E-state index contributed by atoms with van der Waals surface area (Å²) in [5, 5.41) is 9.64. The van der Waals surface area contributed by atoms with Gasteiger partial charge in [-0.2, -0.15) is 17.0 Å². The van der Waals surface area contributed by atoms with E-state index in [4.69, 9.17) is 11.0 Å². The Morgan fingerprint density at radius 1 is 1.53 bits per heavy atom. The molecule has 2 atom stereocenters. The van der Waals surface area contributed by atoms with Gasteiger partial charge in [-0.1, -0.05) is 6.92 Å². The third kappa shape index (κ3) is 2.67. The maximum Gasteiger partial charge on any atom is 0.145 e. The average Bonchev–Trinajstić information content (AvgIpc) is 2.38. The molecule has 17 heavy (non-hydrogen) atoms. The molecule has 1 saturated heterocycles. The highest BCUT2D eigenvalue weighted by Crippen LogP contribution is 2.42. The summed E-state index contributed by atoms with van der Waals surface area (Å²) >= 11 is 3.86. The third-order valence-electron chi connectivity index (χ3n) is 2.66. The summed E-state index contributed by atoms with van der Waals surface area (Å²) in [7, 11) is 0. The number of thioether (sulfide) groups is 2. The van der Waals surface area contributed by atoms with E-state index in [1.165, 1.54) is 11.9 Å². The van der Waals surface area contributed by atoms with Crippen LogP contribution in [0.1, 0.15) is 30.0 Å². The number of nitrogens with two attached hydrogens (primary N) is 1. The second kappa shape index (κ2) is 5.61. The summed E-state index contributed by atoms with van der Waals surface area (Å²) < 4.78 is 0. The fourth-order valence-electron chi connectivity index (χ4n) is 1.77. The van der Waals surface area contributed by atoms with Gasteiger partial charge >= 0.3 is 0 Å². The zero-order chi connectivity index (χ0) is 12.3. The number of anilines is 1. The van der Waals surface area contributed by atoms with Gasteiger partial charge in [-0.05, 0) is 6.42 Å². The summed E-state index contributed by atoms with van der Waals surface area (Å²) in [6.07, 6.45) is 2.63. The lowest BCUT2D eigenvalue weighted by Gasteiger charge is -2.28. The van der Waals surface area contributed by atoms with Crippen molar-refractivity contribution in [3.63, 3.8) is 0 Å². The minimum atomic E-state index is 0.295. The minimum absolute atomic E-state index is 0.295. The first kappa shape index (κ1) is 12.5. The molecule has 0 bridgehead atoms. The van der Waals surface area contributed by atoms with Crippen molar-refractivity contribution in [2.75, 3.05) is 17.2 Å². The molecule has 1 aromatic rings. The van der Waals surface area contributed by atoms with Crippen LogP contribution in [0.4, 0.5) is 5.82 Å². The largest absolute Gasteiger partial charge is 0.382 e. The Bertz CT molecular complexity index is 444. The standard InChI is InChI=1S/C11H14N4S2/c1-2-8-9(17-4-3-16-8)11-14-6-7(5-12)10(13)15-11/h6,8-9H,2-4H2,1H3,(H2,13,14,15). The molecule has 2 unspecified atom stereocenters. The highest BCUT2D eigenvalue weighted by Gasteiger charge is 2.28. The zero-order valence-electron chi connectivity index (χ0n) is 9.59. The molecule has 0 aromatic carbocycles. The summed E-state index contributed by atoms with van der Waals surface area (Å²) in [6.45, 7) is 2.18. The molecule has 4 nitrogen and oxygen atoms in total. The molecule has 6 heteroatoms. The van der Waals surface area contributed by atoms with Crippen molar-refractivity contribution in [2.45, 2.75) is 23.8 Å². The maximum absolute atomic E-state index is 8.80. The number of hydrogen-bond acceptors (Lipinski definition) is 6. The Morgan fingerprint density at radius 2 is 2.29 bits per heavy atom. The van der Waals surface area contributed by atoms with E-state index in [1.807, 2.05) is 29.6 Å². The number of hydrogen-bond donors (Lipinski definition) is 1. The van der Waals surface area contributed by atoms with Gasteiger partial charge in [0.05, 0.1) is 11.4 Å². The highest BCUT2D eigenvalue weighted by molar-refractivity contribution is 8.06. The second-order valence-corrected chi connectivity index (χ2v) is 6.34. The van der Waals surface area contributed by atoms with E-state index in [0.717, 1.165) is 18.0 Å². The van der Waals surface area contributed by atoms with Crippen LogP contribution in [-0.4, -0.2) is 26.7 Å². The molecule has 1 aliphatic heterocycles. The molecular weight excluding hydrogens is 252 g/mol. The molecule has 0 aliphatic carbocycles. The summed E-state index contributed by atoms with van der Waals surface area (Å²) in [5.41, 5.74) is 6.09. The zero-order valence-corrected chi connectivity index (χ0v) is 11.2. The number of aromatic nitrogens is 2. The minimum Gasteiger partial charge on any atom is -0.382 e. The third-order valence-corrected chi connectivity index (χ3v) is 5.91. The highest BCUT2D eigenvalue weighted by atomic mass is 32.2. The van der Waals surface area contributed by atoms with E-state index >= 15 is 0 Å². The van der Waals surface area contributed by atoms with E-state index in [0.29, 0.717) is 21.9 Å². The van der Waals surface area contributed by atoms with Crippen LogP contribution in [0.2, 0.25) is 0 Å². The number of nitrogen functional groups attached to an aromatic ring is 1. The molecule has 1 aromatic heterocycles. The predicted octanol–water partition coefficient (Wildman–Crippen LogP) is 2.23. The van der Waals surface area contributed by atoms with Gasteiger partial charge in [0.15, 0.2) is 0 Å². The van der Waals surface area contributed by atoms with Crippen LogP contribution < -0.4 is 5.73 Å². The quantitative estimate of drug-likeness (QED) is 0.884. The van der Waals surface area contributed by atoms with Gasteiger partial charge in [0.2, 0.25) is 0 Å². The average molecular weight is 266 g/mol. The Labute approximate surface area is 109 Å². The lowest BCUT2D eigenvalue weighted by Crippen LogP contribution is -2.20. The van der Waals surface area contributed by atoms with Crippen molar-refractivity contribution in [1.29, 1.82) is 5.26 Å². The number of nitrogens with zero attached hydrogens (tertiary/aromatic N) is 3. The van der Waals surface area contributed by atoms with Crippen LogP contribution in [0.25, 0.3) is 0 Å². The molecule has 2 rings (SSSR count). The molecule has 1 fully saturated rings. The van der Waals surface area contributed by atoms with Crippen molar-refractivity contribution >= 4 is 29.3 Å². The first-order valence-electron chi connectivity index (χ1n) is 5.52. The van der Waals surface area contributed by atoms with Gasteiger partial charge in [0.1, 0.15) is 23.3 Å². The van der Waals surface area contributed by atoms with E-state index < -0.39 is 0 Å². The van der Waals surface area contributed by atoms with Crippen LogP contribution in [0.15, 0.2) is 6.20 Å². The number of rotatable bonds is 2. The van der Waals surface area contributed by atoms with Crippen LogP contribution >= 0.6 is 23.5 Å². The summed E-state index contributed by atoms with van der Waals surface area (Å²) in [5.74, 6) is 3.37. The predicted molar refractivity (Wildman–Crippen MR) is 72.9 cm³/mol. The molecule has 0 saturated carbocycles. The van der Waals surface area contributed by atoms with E-state index in [2.05, 4.69) is 16.9 Å².